The lowest BCUT2D eigenvalue weighted by molar-refractivity contribution is -0.151. The Labute approximate surface area is 417 Å². The molecule has 15 heteroatoms. The van der Waals surface area contributed by atoms with E-state index in [1.807, 2.05) is 19.2 Å². The van der Waals surface area contributed by atoms with Crippen molar-refractivity contribution in [2.45, 2.75) is 150 Å². The number of aromatic nitrogens is 2. The monoisotopic (exact) mass is 978 g/mol. The first kappa shape index (κ1) is 52.6. The van der Waals surface area contributed by atoms with Crippen molar-refractivity contribution < 1.29 is 33.0 Å². The van der Waals surface area contributed by atoms with Crippen molar-refractivity contribution in [1.29, 1.82) is 0 Å². The summed E-state index contributed by atoms with van der Waals surface area (Å²) in [6, 6.07) is 13.3. The van der Waals surface area contributed by atoms with Gasteiger partial charge in [0.25, 0.3) is 14.2 Å². The number of methoxy groups -OCH3 is 1. The molecule has 0 unspecified atom stereocenters. The molecule has 4 aromatic rings. The molecule has 3 aliphatic heterocycles. The zero-order valence-electron chi connectivity index (χ0n) is 44.2. The lowest BCUT2D eigenvalue weighted by Crippen LogP contribution is -2.59. The molecule has 2 aromatic heterocycles. The lowest BCUT2D eigenvalue weighted by atomic mass is 9.84. The quantitative estimate of drug-likeness (QED) is 0.0750. The number of esters is 1. The van der Waals surface area contributed by atoms with Gasteiger partial charge in [-0.05, 0) is 110 Å². The highest BCUT2D eigenvalue weighted by molar-refractivity contribution is 6.78. The number of carbonyl (C=O) groups excluding carboxylic acids is 3. The summed E-state index contributed by atoms with van der Waals surface area (Å²) in [6.07, 6.45) is 5.15. The smallest absolute Gasteiger partial charge is 0.408 e. The highest BCUT2D eigenvalue weighted by atomic mass is 28.4. The topological polar surface area (TPSA) is 149 Å². The summed E-state index contributed by atoms with van der Waals surface area (Å²) >= 11 is 0. The van der Waals surface area contributed by atoms with Crippen LogP contribution < -0.4 is 25.4 Å². The molecule has 1 saturated heterocycles. The van der Waals surface area contributed by atoms with E-state index in [0.717, 1.165) is 87.7 Å². The number of fused-ring (bicyclic) bond motifs is 6. The van der Waals surface area contributed by atoms with Crippen LogP contribution in [0.1, 0.15) is 113 Å². The minimum atomic E-state index is -2.48. The number of cyclic esters (lactones) is 1. The predicted molar refractivity (Wildman–Crippen MR) is 282 cm³/mol. The van der Waals surface area contributed by atoms with Crippen molar-refractivity contribution in [2.75, 3.05) is 51.3 Å². The van der Waals surface area contributed by atoms with E-state index in [-0.39, 0.29) is 25.7 Å². The summed E-state index contributed by atoms with van der Waals surface area (Å²) in [5, 5.41) is 8.86. The SMILES string of the molecule is CCn1c(-c2cc(N3CCNCC3)cnc2[C@H](C)OC)c2c3cc(ccc31)-c1cc(cc(O[Si](C(C)C)(C(C)C)C(C)C)c1)C[C@H](NC(=O)OC(C)(C)C)C(=O)N1CC=C[C@H](N1)C(=O)OCC(C)(C)C2. The summed E-state index contributed by atoms with van der Waals surface area (Å²) in [7, 11) is -0.758. The van der Waals surface area contributed by atoms with E-state index in [4.69, 9.17) is 23.6 Å². The van der Waals surface area contributed by atoms with Gasteiger partial charge >= 0.3 is 12.1 Å². The van der Waals surface area contributed by atoms with Gasteiger partial charge < -0.3 is 38.7 Å². The van der Waals surface area contributed by atoms with Crippen molar-refractivity contribution in [1.82, 2.24) is 30.6 Å². The van der Waals surface area contributed by atoms with E-state index in [2.05, 4.69) is 124 Å². The fourth-order valence-electron chi connectivity index (χ4n) is 11.0. The number of hydrogen-bond acceptors (Lipinski definition) is 11. The molecule has 70 heavy (non-hydrogen) atoms. The maximum absolute atomic E-state index is 14.7. The Morgan fingerprint density at radius 3 is 2.31 bits per heavy atom. The van der Waals surface area contributed by atoms with Gasteiger partial charge in [0.2, 0.25) is 0 Å². The van der Waals surface area contributed by atoms with Crippen molar-refractivity contribution >= 4 is 42.9 Å². The Morgan fingerprint density at radius 2 is 1.67 bits per heavy atom. The molecule has 380 valence electrons. The number of aryl methyl sites for hydroxylation is 1. The van der Waals surface area contributed by atoms with Crippen molar-refractivity contribution in [3.8, 4) is 28.1 Å². The number of carbonyl (C=O) groups is 3. The molecular weight excluding hydrogens is 899 g/mol. The van der Waals surface area contributed by atoms with Gasteiger partial charge in [-0.15, -0.1) is 0 Å². The van der Waals surface area contributed by atoms with E-state index in [1.54, 1.807) is 40.0 Å². The van der Waals surface area contributed by atoms with Gasteiger partial charge in [-0.3, -0.25) is 14.8 Å². The summed E-state index contributed by atoms with van der Waals surface area (Å²) in [4.78, 5) is 49.9. The van der Waals surface area contributed by atoms with Gasteiger partial charge in [-0.25, -0.2) is 15.0 Å². The number of amides is 2. The number of hydrazine groups is 1. The number of nitrogens with one attached hydrogen (secondary N) is 3. The number of rotatable bonds is 11. The second kappa shape index (κ2) is 21.2. The van der Waals surface area contributed by atoms with Gasteiger partial charge in [0.05, 0.1) is 42.5 Å². The molecule has 0 spiro atoms. The molecule has 7 rings (SSSR count). The maximum atomic E-state index is 14.7. The molecule has 5 heterocycles. The average Bonchev–Trinajstić information content (AvgIpc) is 3.61. The largest absolute Gasteiger partial charge is 0.543 e. The van der Waals surface area contributed by atoms with Gasteiger partial charge in [0.15, 0.2) is 0 Å². The number of benzene rings is 2. The Morgan fingerprint density at radius 1 is 0.971 bits per heavy atom. The first-order valence-electron chi connectivity index (χ1n) is 25.4. The van der Waals surface area contributed by atoms with Gasteiger partial charge in [0.1, 0.15) is 23.4 Å². The Bertz CT molecular complexity index is 2550. The van der Waals surface area contributed by atoms with Crippen LogP contribution in [-0.4, -0.2) is 105 Å². The van der Waals surface area contributed by atoms with Crippen LogP contribution in [-0.2, 0) is 43.2 Å². The average molecular weight is 978 g/mol. The highest BCUT2D eigenvalue weighted by Crippen LogP contribution is 2.46. The number of anilines is 1. The molecule has 2 amide bonds. The zero-order valence-corrected chi connectivity index (χ0v) is 45.2. The van der Waals surface area contributed by atoms with Crippen LogP contribution in [0.3, 0.4) is 0 Å². The van der Waals surface area contributed by atoms with E-state index in [9.17, 15) is 14.4 Å². The second-order valence-corrected chi connectivity index (χ2v) is 27.5. The Kier molecular flexibility index (Phi) is 16.0. The number of pyridine rings is 1. The number of nitrogens with zero attached hydrogens (tertiary/aromatic N) is 4. The molecule has 14 nitrogen and oxygen atoms in total. The van der Waals surface area contributed by atoms with E-state index < -0.39 is 49.4 Å². The van der Waals surface area contributed by atoms with Crippen molar-refractivity contribution in [3.63, 3.8) is 0 Å². The number of alkyl carbamates (subject to hydrolysis) is 1. The fourth-order valence-corrected chi connectivity index (χ4v) is 16.2. The second-order valence-electron chi connectivity index (χ2n) is 22.2. The summed E-state index contributed by atoms with van der Waals surface area (Å²) < 4.78 is 27.8. The van der Waals surface area contributed by atoms with E-state index in [0.29, 0.717) is 29.6 Å². The fraction of sp³-hybridized carbons (Fsp3) is 0.564. The third kappa shape index (κ3) is 11.3. The minimum absolute atomic E-state index is 0.114. The summed E-state index contributed by atoms with van der Waals surface area (Å²) in [5.74, 6) is -0.197. The number of ether oxygens (including phenoxy) is 3. The molecule has 0 radical (unpaired) electrons. The number of hydrogen-bond donors (Lipinski definition) is 3. The highest BCUT2D eigenvalue weighted by Gasteiger charge is 2.47. The van der Waals surface area contributed by atoms with Gasteiger partial charge in [0, 0.05) is 68.1 Å². The third-order valence-corrected chi connectivity index (χ3v) is 20.3. The Hall–Kier alpha value is -5.22. The van der Waals surface area contributed by atoms with Gasteiger partial charge in [-0.2, -0.15) is 0 Å². The molecule has 1 fully saturated rings. The molecule has 3 aliphatic rings. The normalized spacial score (nSPS) is 19.7. The number of piperazine rings is 1. The van der Waals surface area contributed by atoms with Crippen molar-refractivity contribution in [3.05, 3.63) is 77.6 Å². The molecule has 3 atom stereocenters. The van der Waals surface area contributed by atoms with Gasteiger partial charge in [-0.1, -0.05) is 79.7 Å². The molecule has 2 aromatic carbocycles. The first-order chi connectivity index (χ1) is 33.0. The van der Waals surface area contributed by atoms with E-state index >= 15 is 0 Å². The summed E-state index contributed by atoms with van der Waals surface area (Å²) in [6.45, 7) is 32.0. The zero-order chi connectivity index (χ0) is 50.9. The van der Waals surface area contributed by atoms with Crippen LogP contribution in [0.5, 0.6) is 5.75 Å². The summed E-state index contributed by atoms with van der Waals surface area (Å²) in [5.41, 5.74) is 11.6. The molecule has 3 N–H and O–H groups in total. The van der Waals surface area contributed by atoms with Crippen LogP contribution in [0.2, 0.25) is 16.6 Å². The molecule has 0 saturated carbocycles. The minimum Gasteiger partial charge on any atom is -0.543 e. The van der Waals surface area contributed by atoms with Crippen molar-refractivity contribution in [2.24, 2.45) is 5.41 Å². The maximum Gasteiger partial charge on any atom is 0.408 e. The molecule has 0 aliphatic carbocycles. The first-order valence-corrected chi connectivity index (χ1v) is 27.6. The van der Waals surface area contributed by atoms with Crippen LogP contribution in [0.15, 0.2) is 60.8 Å². The van der Waals surface area contributed by atoms with Crippen LogP contribution >= 0.6 is 0 Å². The Balaban J connectivity index is 1.50. The van der Waals surface area contributed by atoms with Crippen LogP contribution in [0.25, 0.3) is 33.3 Å². The third-order valence-electron chi connectivity index (χ3n) is 14.3. The van der Waals surface area contributed by atoms with E-state index in [1.165, 1.54) is 5.01 Å². The standard InChI is InChI=1S/C55H79N7O7Si/c1-15-61-48-19-18-39-29-43(48)45(50(61)44-30-41(60-23-20-56-21-24-60)32-57-49(44)37(8)66-14)31-55(12,13)33-67-52(64)46-17-16-22-62(59-46)51(63)47(58-53(65)68-54(9,10)11)27-38-25-40(39)28-42(26-38)69-70(34(2)3,35(4)5)36(6)7/h16-19,25-26,28-30,32,34-37,46-47,56,59H,15,20-24,27,31,33H2,1-14H3,(H,58,65)/t37-,46-,47-/m0/s1. The van der Waals surface area contributed by atoms with Crippen LogP contribution in [0.4, 0.5) is 10.5 Å². The predicted octanol–water partition coefficient (Wildman–Crippen LogP) is 9.89. The molecular formula is C55H79N7O7Si. The molecule has 6 bridgehead atoms. The lowest BCUT2D eigenvalue weighted by Gasteiger charge is -2.42. The van der Waals surface area contributed by atoms with Crippen LogP contribution in [0, 0.1) is 5.41 Å².